The van der Waals surface area contributed by atoms with Crippen molar-refractivity contribution in [3.8, 4) is 0 Å². The van der Waals surface area contributed by atoms with Crippen molar-refractivity contribution in [3.05, 3.63) is 0 Å². The number of aliphatic hydroxyl groups is 1. The third-order valence-electron chi connectivity index (χ3n) is 4.97. The summed E-state index contributed by atoms with van der Waals surface area (Å²) in [4.78, 5) is 2.48. The van der Waals surface area contributed by atoms with Gasteiger partial charge in [0.1, 0.15) is 0 Å². The van der Waals surface area contributed by atoms with Gasteiger partial charge in [0.05, 0.1) is 13.2 Å². The van der Waals surface area contributed by atoms with Crippen LogP contribution in [0.25, 0.3) is 0 Å². The van der Waals surface area contributed by atoms with Crippen LogP contribution in [0, 0.1) is 5.92 Å². The zero-order valence-corrected chi connectivity index (χ0v) is 13.8. The molecule has 4 nitrogen and oxygen atoms in total. The molecule has 1 saturated carbocycles. The van der Waals surface area contributed by atoms with Crippen LogP contribution < -0.4 is 5.32 Å². The zero-order chi connectivity index (χ0) is 15.0. The third-order valence-corrected chi connectivity index (χ3v) is 4.97. The van der Waals surface area contributed by atoms with E-state index in [9.17, 15) is 5.11 Å². The Morgan fingerprint density at radius 2 is 2.20 bits per heavy atom. The van der Waals surface area contributed by atoms with Crippen LogP contribution in [-0.4, -0.2) is 61.5 Å². The summed E-state index contributed by atoms with van der Waals surface area (Å²) in [5.41, 5.74) is -0.0291. The van der Waals surface area contributed by atoms with Gasteiger partial charge in [-0.15, -0.1) is 0 Å². The first kappa shape index (κ1) is 17.9. The van der Waals surface area contributed by atoms with Crippen LogP contribution in [0.15, 0.2) is 0 Å². The van der Waals surface area contributed by atoms with Crippen LogP contribution in [0.1, 0.15) is 46.5 Å². The van der Waals surface area contributed by atoms with Gasteiger partial charge in [-0.3, -0.25) is 4.90 Å². The molecule has 0 bridgehead atoms. The molecule has 2 N–H and O–H groups in total. The van der Waals surface area contributed by atoms with E-state index >= 15 is 0 Å². The number of nitrogens with one attached hydrogen (secondary N) is 1. The van der Waals surface area contributed by atoms with Crippen molar-refractivity contribution in [1.29, 1.82) is 0 Å². The Bertz CT molecular complexity index is 263. The van der Waals surface area contributed by atoms with Crippen LogP contribution in [0.4, 0.5) is 0 Å². The highest BCUT2D eigenvalue weighted by molar-refractivity contribution is 4.99. The van der Waals surface area contributed by atoms with Gasteiger partial charge in [0.2, 0.25) is 0 Å². The SMILES string of the molecule is CCNC1(CO)CCCC1CCN(CC)C(C)COC. The summed E-state index contributed by atoms with van der Waals surface area (Å²) in [6.45, 7) is 10.7. The topological polar surface area (TPSA) is 44.7 Å². The van der Waals surface area contributed by atoms with Gasteiger partial charge in [-0.1, -0.05) is 20.3 Å². The fourth-order valence-corrected chi connectivity index (χ4v) is 3.77. The smallest absolute Gasteiger partial charge is 0.0616 e. The van der Waals surface area contributed by atoms with E-state index in [0.717, 1.165) is 39.1 Å². The molecular formula is C16H34N2O2. The van der Waals surface area contributed by atoms with Crippen molar-refractivity contribution < 1.29 is 9.84 Å². The van der Waals surface area contributed by atoms with E-state index in [0.29, 0.717) is 12.0 Å². The lowest BCUT2D eigenvalue weighted by atomic mass is 9.85. The number of hydrogen-bond donors (Lipinski definition) is 2. The van der Waals surface area contributed by atoms with E-state index in [4.69, 9.17) is 4.74 Å². The number of hydrogen-bond acceptors (Lipinski definition) is 4. The highest BCUT2D eigenvalue weighted by atomic mass is 16.5. The standard InChI is InChI=1S/C16H34N2O2/c1-5-17-16(13-19)10-7-8-15(16)9-11-18(6-2)14(3)12-20-4/h14-15,17,19H,5-13H2,1-4H3. The maximum atomic E-state index is 9.84. The molecule has 3 atom stereocenters. The number of nitrogens with zero attached hydrogens (tertiary/aromatic N) is 1. The second kappa shape index (κ2) is 8.98. The Hall–Kier alpha value is -0.160. The fraction of sp³-hybridized carbons (Fsp3) is 1.00. The Morgan fingerprint density at radius 3 is 2.75 bits per heavy atom. The maximum Gasteiger partial charge on any atom is 0.0616 e. The summed E-state index contributed by atoms with van der Waals surface area (Å²) in [6.07, 6.45) is 4.75. The monoisotopic (exact) mass is 286 g/mol. The lowest BCUT2D eigenvalue weighted by Crippen LogP contribution is -2.52. The quantitative estimate of drug-likeness (QED) is 0.643. The number of rotatable bonds is 10. The van der Waals surface area contributed by atoms with Gasteiger partial charge in [0, 0.05) is 18.7 Å². The summed E-state index contributed by atoms with van der Waals surface area (Å²) >= 11 is 0. The highest BCUT2D eigenvalue weighted by Crippen LogP contribution is 2.37. The van der Waals surface area contributed by atoms with Crippen LogP contribution in [0.3, 0.4) is 0 Å². The molecule has 0 radical (unpaired) electrons. The largest absolute Gasteiger partial charge is 0.394 e. The molecule has 1 rings (SSSR count). The van der Waals surface area contributed by atoms with Gasteiger partial charge in [0.15, 0.2) is 0 Å². The second-order valence-corrected chi connectivity index (χ2v) is 6.16. The molecule has 0 saturated heterocycles. The van der Waals surface area contributed by atoms with E-state index in [1.165, 1.54) is 12.8 Å². The Balaban J connectivity index is 2.53. The lowest BCUT2D eigenvalue weighted by Gasteiger charge is -2.37. The molecule has 3 unspecified atom stereocenters. The van der Waals surface area contributed by atoms with Crippen LogP contribution in [-0.2, 0) is 4.74 Å². The predicted molar refractivity (Wildman–Crippen MR) is 84.0 cm³/mol. The molecule has 0 heterocycles. The Morgan fingerprint density at radius 1 is 1.45 bits per heavy atom. The molecule has 0 amide bonds. The molecule has 4 heteroatoms. The van der Waals surface area contributed by atoms with Crippen molar-refractivity contribution in [3.63, 3.8) is 0 Å². The molecule has 1 aliphatic carbocycles. The van der Waals surface area contributed by atoms with Crippen molar-refractivity contribution in [2.24, 2.45) is 5.92 Å². The first-order valence-electron chi connectivity index (χ1n) is 8.22. The van der Waals surface area contributed by atoms with Gasteiger partial charge >= 0.3 is 0 Å². The zero-order valence-electron chi connectivity index (χ0n) is 13.8. The molecule has 0 aromatic rings. The predicted octanol–water partition coefficient (Wildman–Crippen LogP) is 1.87. The van der Waals surface area contributed by atoms with E-state index < -0.39 is 0 Å². The molecule has 120 valence electrons. The van der Waals surface area contributed by atoms with Crippen molar-refractivity contribution in [2.75, 3.05) is 40.0 Å². The van der Waals surface area contributed by atoms with Gasteiger partial charge < -0.3 is 15.2 Å². The van der Waals surface area contributed by atoms with Crippen molar-refractivity contribution in [1.82, 2.24) is 10.2 Å². The first-order valence-corrected chi connectivity index (χ1v) is 8.22. The van der Waals surface area contributed by atoms with Gasteiger partial charge in [-0.2, -0.15) is 0 Å². The van der Waals surface area contributed by atoms with Gasteiger partial charge in [0.25, 0.3) is 0 Å². The van der Waals surface area contributed by atoms with E-state index in [2.05, 4.69) is 31.0 Å². The molecule has 0 aromatic carbocycles. The molecule has 1 aliphatic rings. The lowest BCUT2D eigenvalue weighted by molar-refractivity contribution is 0.0825. The molecule has 20 heavy (non-hydrogen) atoms. The minimum absolute atomic E-state index is 0.0291. The molecule has 1 fully saturated rings. The molecule has 0 spiro atoms. The van der Waals surface area contributed by atoms with E-state index in [1.54, 1.807) is 7.11 Å². The van der Waals surface area contributed by atoms with Crippen LogP contribution in [0.2, 0.25) is 0 Å². The number of methoxy groups -OCH3 is 1. The normalized spacial score (nSPS) is 28.2. The van der Waals surface area contributed by atoms with E-state index in [1.807, 2.05) is 0 Å². The molecular weight excluding hydrogens is 252 g/mol. The summed E-state index contributed by atoms with van der Waals surface area (Å²) in [7, 11) is 1.77. The Kier molecular flexibility index (Phi) is 8.03. The maximum absolute atomic E-state index is 9.84. The number of likely N-dealkylation sites (N-methyl/N-ethyl adjacent to an activating group) is 2. The second-order valence-electron chi connectivity index (χ2n) is 6.16. The van der Waals surface area contributed by atoms with Crippen LogP contribution in [0.5, 0.6) is 0 Å². The van der Waals surface area contributed by atoms with E-state index in [-0.39, 0.29) is 12.1 Å². The first-order chi connectivity index (χ1) is 9.63. The molecule has 0 aromatic heterocycles. The average molecular weight is 286 g/mol. The van der Waals surface area contributed by atoms with Crippen molar-refractivity contribution >= 4 is 0 Å². The summed E-state index contributed by atoms with van der Waals surface area (Å²) in [5.74, 6) is 0.594. The Labute approximate surface area is 124 Å². The third kappa shape index (κ3) is 4.42. The summed E-state index contributed by atoms with van der Waals surface area (Å²) in [6, 6.07) is 0.467. The van der Waals surface area contributed by atoms with Crippen molar-refractivity contribution in [2.45, 2.75) is 58.0 Å². The van der Waals surface area contributed by atoms with Gasteiger partial charge in [-0.05, 0) is 51.7 Å². The number of aliphatic hydroxyl groups excluding tert-OH is 1. The minimum Gasteiger partial charge on any atom is -0.394 e. The van der Waals surface area contributed by atoms with Crippen LogP contribution >= 0.6 is 0 Å². The summed E-state index contributed by atoms with van der Waals surface area (Å²) < 4.78 is 5.26. The summed E-state index contributed by atoms with van der Waals surface area (Å²) in [5, 5.41) is 13.4. The van der Waals surface area contributed by atoms with Gasteiger partial charge in [-0.25, -0.2) is 0 Å². The minimum atomic E-state index is -0.0291. The number of ether oxygens (including phenoxy) is 1. The molecule has 0 aliphatic heterocycles. The highest BCUT2D eigenvalue weighted by Gasteiger charge is 2.41. The average Bonchev–Trinajstić information content (AvgIpc) is 2.84. The fourth-order valence-electron chi connectivity index (χ4n) is 3.77.